The standard InChI is InChI=1S/C9H19NO/c1-6-10-8(2)7-9(3,4)11-5/h7,10H,6H2,1-5H3/b8-7+. The molecule has 0 amide bonds. The Morgan fingerprint density at radius 2 is 2.09 bits per heavy atom. The van der Waals surface area contributed by atoms with Crippen LogP contribution in [0, 0.1) is 0 Å². The predicted molar refractivity (Wildman–Crippen MR) is 48.5 cm³/mol. The van der Waals surface area contributed by atoms with Crippen LogP contribution < -0.4 is 5.32 Å². The van der Waals surface area contributed by atoms with Crippen LogP contribution in [-0.4, -0.2) is 19.3 Å². The lowest BCUT2D eigenvalue weighted by molar-refractivity contribution is 0.0646. The third-order valence-corrected chi connectivity index (χ3v) is 1.55. The number of hydrogen-bond acceptors (Lipinski definition) is 2. The topological polar surface area (TPSA) is 21.3 Å². The monoisotopic (exact) mass is 157 g/mol. The van der Waals surface area contributed by atoms with Crippen molar-refractivity contribution in [2.45, 2.75) is 33.3 Å². The summed E-state index contributed by atoms with van der Waals surface area (Å²) in [5.74, 6) is 0. The van der Waals surface area contributed by atoms with Crippen molar-refractivity contribution >= 4 is 0 Å². The van der Waals surface area contributed by atoms with Gasteiger partial charge in [0, 0.05) is 19.4 Å². The first-order valence-corrected chi connectivity index (χ1v) is 4.00. The van der Waals surface area contributed by atoms with Crippen molar-refractivity contribution in [1.82, 2.24) is 5.32 Å². The first kappa shape index (κ1) is 10.5. The molecule has 0 radical (unpaired) electrons. The lowest BCUT2D eigenvalue weighted by Gasteiger charge is -2.19. The van der Waals surface area contributed by atoms with Gasteiger partial charge in [-0.2, -0.15) is 0 Å². The molecule has 1 N–H and O–H groups in total. The maximum atomic E-state index is 5.24. The second-order valence-corrected chi connectivity index (χ2v) is 3.17. The molecule has 0 saturated carbocycles. The zero-order chi connectivity index (χ0) is 8.91. The molecule has 0 rings (SSSR count). The predicted octanol–water partition coefficient (Wildman–Crippen LogP) is 1.92. The van der Waals surface area contributed by atoms with Crippen molar-refractivity contribution in [3.05, 3.63) is 11.8 Å². The smallest absolute Gasteiger partial charge is 0.0821 e. The molecule has 0 fully saturated rings. The Hall–Kier alpha value is -0.500. The van der Waals surface area contributed by atoms with Gasteiger partial charge in [0.05, 0.1) is 5.60 Å². The Bertz CT molecular complexity index is 138. The van der Waals surface area contributed by atoms with Crippen LogP contribution in [0.25, 0.3) is 0 Å². The second kappa shape index (κ2) is 4.39. The molecule has 0 aromatic rings. The van der Waals surface area contributed by atoms with E-state index < -0.39 is 0 Å². The average Bonchev–Trinajstić information content (AvgIpc) is 1.87. The first-order chi connectivity index (χ1) is 5.02. The molecular weight excluding hydrogens is 138 g/mol. The summed E-state index contributed by atoms with van der Waals surface area (Å²) < 4.78 is 5.24. The van der Waals surface area contributed by atoms with Gasteiger partial charge in [0.15, 0.2) is 0 Å². The summed E-state index contributed by atoms with van der Waals surface area (Å²) in [5, 5.41) is 3.22. The highest BCUT2D eigenvalue weighted by atomic mass is 16.5. The molecule has 0 aliphatic heterocycles. The van der Waals surface area contributed by atoms with Gasteiger partial charge < -0.3 is 10.1 Å². The van der Waals surface area contributed by atoms with Crippen molar-refractivity contribution in [2.24, 2.45) is 0 Å². The zero-order valence-electron chi connectivity index (χ0n) is 8.19. The summed E-state index contributed by atoms with van der Waals surface area (Å²) >= 11 is 0. The molecule has 0 saturated heterocycles. The van der Waals surface area contributed by atoms with Crippen LogP contribution in [0.4, 0.5) is 0 Å². The molecule has 0 aromatic heterocycles. The van der Waals surface area contributed by atoms with Gasteiger partial charge in [-0.1, -0.05) is 0 Å². The van der Waals surface area contributed by atoms with Gasteiger partial charge in [-0.3, -0.25) is 0 Å². The normalized spacial score (nSPS) is 13.4. The third kappa shape index (κ3) is 4.85. The largest absolute Gasteiger partial charge is 0.389 e. The number of ether oxygens (including phenoxy) is 1. The Balaban J connectivity index is 4.05. The van der Waals surface area contributed by atoms with Gasteiger partial charge in [0.2, 0.25) is 0 Å². The molecule has 0 spiro atoms. The number of allylic oxidation sites excluding steroid dienone is 1. The molecule has 0 heterocycles. The van der Waals surface area contributed by atoms with Crippen LogP contribution in [0.15, 0.2) is 11.8 Å². The molecule has 2 nitrogen and oxygen atoms in total. The fraction of sp³-hybridized carbons (Fsp3) is 0.778. The van der Waals surface area contributed by atoms with Crippen LogP contribution >= 0.6 is 0 Å². The van der Waals surface area contributed by atoms with E-state index in [1.54, 1.807) is 7.11 Å². The van der Waals surface area contributed by atoms with Crippen molar-refractivity contribution in [2.75, 3.05) is 13.7 Å². The maximum absolute atomic E-state index is 5.24. The molecule has 11 heavy (non-hydrogen) atoms. The molecule has 2 heteroatoms. The van der Waals surface area contributed by atoms with Gasteiger partial charge >= 0.3 is 0 Å². The molecule has 0 bridgehead atoms. The highest BCUT2D eigenvalue weighted by molar-refractivity contribution is 5.04. The lowest BCUT2D eigenvalue weighted by Crippen LogP contribution is -2.22. The van der Waals surface area contributed by atoms with E-state index in [4.69, 9.17) is 4.74 Å². The minimum Gasteiger partial charge on any atom is -0.389 e. The van der Waals surface area contributed by atoms with E-state index in [9.17, 15) is 0 Å². The number of methoxy groups -OCH3 is 1. The van der Waals surface area contributed by atoms with Gasteiger partial charge in [0.1, 0.15) is 0 Å². The van der Waals surface area contributed by atoms with Gasteiger partial charge in [-0.15, -0.1) is 0 Å². The Labute approximate surface area is 69.6 Å². The quantitative estimate of drug-likeness (QED) is 0.673. The highest BCUT2D eigenvalue weighted by Gasteiger charge is 2.11. The zero-order valence-corrected chi connectivity index (χ0v) is 8.19. The summed E-state index contributed by atoms with van der Waals surface area (Å²) in [6, 6.07) is 0. The number of hydrogen-bond donors (Lipinski definition) is 1. The number of nitrogens with one attached hydrogen (secondary N) is 1. The summed E-state index contributed by atoms with van der Waals surface area (Å²) in [5.41, 5.74) is 1.01. The van der Waals surface area contributed by atoms with Crippen LogP contribution in [0.5, 0.6) is 0 Å². The van der Waals surface area contributed by atoms with E-state index in [0.717, 1.165) is 6.54 Å². The van der Waals surface area contributed by atoms with Gasteiger partial charge in [-0.25, -0.2) is 0 Å². The molecule has 0 unspecified atom stereocenters. The first-order valence-electron chi connectivity index (χ1n) is 4.00. The van der Waals surface area contributed by atoms with Crippen molar-refractivity contribution in [3.8, 4) is 0 Å². The highest BCUT2D eigenvalue weighted by Crippen LogP contribution is 2.10. The van der Waals surface area contributed by atoms with E-state index in [2.05, 4.69) is 18.3 Å². The Kier molecular flexibility index (Phi) is 4.19. The Morgan fingerprint density at radius 1 is 1.55 bits per heavy atom. The van der Waals surface area contributed by atoms with Crippen molar-refractivity contribution < 1.29 is 4.74 Å². The van der Waals surface area contributed by atoms with E-state index in [0.29, 0.717) is 0 Å². The molecule has 0 atom stereocenters. The molecule has 66 valence electrons. The summed E-state index contributed by atoms with van der Waals surface area (Å²) in [6.45, 7) is 9.16. The van der Waals surface area contributed by atoms with E-state index in [1.165, 1.54) is 5.70 Å². The van der Waals surface area contributed by atoms with Crippen molar-refractivity contribution in [3.63, 3.8) is 0 Å². The van der Waals surface area contributed by atoms with Crippen LogP contribution in [0.3, 0.4) is 0 Å². The van der Waals surface area contributed by atoms with Crippen LogP contribution in [0.2, 0.25) is 0 Å². The SMILES string of the molecule is CCN/C(C)=C/C(C)(C)OC. The minimum absolute atomic E-state index is 0.160. The molecule has 0 aromatic carbocycles. The Morgan fingerprint density at radius 3 is 2.45 bits per heavy atom. The summed E-state index contributed by atoms with van der Waals surface area (Å²) in [7, 11) is 1.72. The van der Waals surface area contributed by atoms with E-state index in [-0.39, 0.29) is 5.60 Å². The summed E-state index contributed by atoms with van der Waals surface area (Å²) in [6.07, 6.45) is 2.08. The van der Waals surface area contributed by atoms with Crippen LogP contribution in [-0.2, 0) is 4.74 Å². The average molecular weight is 157 g/mol. The minimum atomic E-state index is -0.160. The third-order valence-electron chi connectivity index (χ3n) is 1.55. The molecule has 0 aliphatic rings. The van der Waals surface area contributed by atoms with E-state index in [1.807, 2.05) is 20.8 Å². The van der Waals surface area contributed by atoms with Crippen molar-refractivity contribution in [1.29, 1.82) is 0 Å². The fourth-order valence-electron chi connectivity index (χ4n) is 0.910. The van der Waals surface area contributed by atoms with Crippen LogP contribution in [0.1, 0.15) is 27.7 Å². The fourth-order valence-corrected chi connectivity index (χ4v) is 0.910. The molecule has 0 aliphatic carbocycles. The van der Waals surface area contributed by atoms with Gasteiger partial charge in [-0.05, 0) is 33.8 Å². The van der Waals surface area contributed by atoms with Gasteiger partial charge in [0.25, 0.3) is 0 Å². The second-order valence-electron chi connectivity index (χ2n) is 3.17. The maximum Gasteiger partial charge on any atom is 0.0821 e. The number of rotatable bonds is 4. The van der Waals surface area contributed by atoms with E-state index >= 15 is 0 Å². The lowest BCUT2D eigenvalue weighted by atomic mass is 10.1. The summed E-state index contributed by atoms with van der Waals surface area (Å²) in [4.78, 5) is 0. The molecular formula is C9H19NO.